The van der Waals surface area contributed by atoms with Gasteiger partial charge in [0.2, 0.25) is 0 Å². The molecule has 5 nitrogen and oxygen atoms in total. The highest BCUT2D eigenvalue weighted by atomic mass is 19.1. The maximum absolute atomic E-state index is 13.2. The van der Waals surface area contributed by atoms with E-state index in [1.54, 1.807) is 36.5 Å². The minimum atomic E-state index is -0.463. The van der Waals surface area contributed by atoms with E-state index in [4.69, 9.17) is 0 Å². The molecule has 1 N–H and O–H groups in total. The number of carbonyl (C=O) groups excluding carboxylic acids is 1. The monoisotopic (exact) mass is 353 g/mol. The minimum Gasteiger partial charge on any atom is -0.347 e. The van der Waals surface area contributed by atoms with Crippen LogP contribution < -0.4 is 10.9 Å². The summed E-state index contributed by atoms with van der Waals surface area (Å²) in [6.07, 6.45) is 1.60. The second kappa shape index (κ2) is 6.71. The third-order valence-corrected chi connectivity index (χ3v) is 3.84. The number of pyridine rings is 2. The van der Waals surface area contributed by atoms with E-state index in [1.165, 1.54) is 16.7 Å². The Kier molecular flexibility index (Phi) is 4.59. The average molecular weight is 353 g/mol. The molecule has 134 valence electrons. The van der Waals surface area contributed by atoms with E-state index >= 15 is 0 Å². The lowest BCUT2D eigenvalue weighted by molar-refractivity contribution is 0.0917. The standard InChI is InChI=1S/C20H20FN3O2/c1-20(2,3)23-18(25)16-11-14-5-4-10-22-17(14)24(19(16)26)12-13-6-8-15(21)9-7-13/h4-11H,12H2,1-3H3,(H,23,25). The fourth-order valence-corrected chi connectivity index (χ4v) is 2.70. The van der Waals surface area contributed by atoms with Crippen LogP contribution in [0.25, 0.3) is 11.0 Å². The van der Waals surface area contributed by atoms with E-state index in [9.17, 15) is 14.0 Å². The van der Waals surface area contributed by atoms with Crippen LogP contribution in [0.1, 0.15) is 36.7 Å². The number of nitrogens with zero attached hydrogens (tertiary/aromatic N) is 2. The van der Waals surface area contributed by atoms with E-state index in [0.717, 1.165) is 5.56 Å². The molecule has 0 aliphatic heterocycles. The number of rotatable bonds is 3. The van der Waals surface area contributed by atoms with Gasteiger partial charge in [0.15, 0.2) is 0 Å². The summed E-state index contributed by atoms with van der Waals surface area (Å²) >= 11 is 0. The number of nitrogens with one attached hydrogen (secondary N) is 1. The molecule has 0 aliphatic rings. The molecule has 26 heavy (non-hydrogen) atoms. The van der Waals surface area contributed by atoms with Gasteiger partial charge in [-0.2, -0.15) is 0 Å². The normalized spacial score (nSPS) is 11.5. The van der Waals surface area contributed by atoms with Crippen LogP contribution in [0, 0.1) is 5.82 Å². The number of hydrogen-bond donors (Lipinski definition) is 1. The van der Waals surface area contributed by atoms with Crippen LogP contribution in [0.3, 0.4) is 0 Å². The molecule has 2 heterocycles. The molecular formula is C20H20FN3O2. The minimum absolute atomic E-state index is 0.0579. The first kappa shape index (κ1) is 17.8. The van der Waals surface area contributed by atoms with Gasteiger partial charge in [0.25, 0.3) is 11.5 Å². The molecule has 6 heteroatoms. The number of halogens is 1. The van der Waals surface area contributed by atoms with E-state index in [1.807, 2.05) is 20.8 Å². The van der Waals surface area contributed by atoms with Gasteiger partial charge in [-0.15, -0.1) is 0 Å². The van der Waals surface area contributed by atoms with Gasteiger partial charge in [-0.25, -0.2) is 9.37 Å². The molecule has 0 atom stereocenters. The summed E-state index contributed by atoms with van der Waals surface area (Å²) < 4.78 is 14.6. The van der Waals surface area contributed by atoms with Crippen molar-refractivity contribution in [3.05, 3.63) is 76.0 Å². The van der Waals surface area contributed by atoms with Gasteiger partial charge in [-0.3, -0.25) is 14.2 Å². The Morgan fingerprint density at radius 1 is 1.19 bits per heavy atom. The molecule has 0 radical (unpaired) electrons. The number of amides is 1. The second-order valence-corrected chi connectivity index (χ2v) is 7.20. The summed E-state index contributed by atoms with van der Waals surface area (Å²) in [5.74, 6) is -0.775. The summed E-state index contributed by atoms with van der Waals surface area (Å²) in [6, 6.07) is 11.0. The first-order valence-electron chi connectivity index (χ1n) is 8.30. The molecule has 0 unspecified atom stereocenters. The van der Waals surface area contributed by atoms with Crippen LogP contribution in [0.4, 0.5) is 4.39 Å². The highest BCUT2D eigenvalue weighted by Crippen LogP contribution is 2.14. The smallest absolute Gasteiger partial charge is 0.265 e. The second-order valence-electron chi connectivity index (χ2n) is 7.20. The topological polar surface area (TPSA) is 64.0 Å². The van der Waals surface area contributed by atoms with Crippen molar-refractivity contribution in [2.75, 3.05) is 0 Å². The van der Waals surface area contributed by atoms with Gasteiger partial charge in [0, 0.05) is 17.1 Å². The number of aromatic nitrogens is 2. The maximum Gasteiger partial charge on any atom is 0.265 e. The average Bonchev–Trinajstić information content (AvgIpc) is 2.57. The summed E-state index contributed by atoms with van der Waals surface area (Å²) in [6.45, 7) is 5.75. The molecule has 0 bridgehead atoms. The van der Waals surface area contributed by atoms with Crippen molar-refractivity contribution < 1.29 is 9.18 Å². The number of benzene rings is 1. The molecule has 3 rings (SSSR count). The third-order valence-electron chi connectivity index (χ3n) is 3.84. The maximum atomic E-state index is 13.2. The Hall–Kier alpha value is -3.02. The number of hydrogen-bond acceptors (Lipinski definition) is 3. The lowest BCUT2D eigenvalue weighted by Crippen LogP contribution is -2.43. The van der Waals surface area contributed by atoms with Gasteiger partial charge in [0.1, 0.15) is 17.0 Å². The van der Waals surface area contributed by atoms with Crippen LogP contribution in [0.5, 0.6) is 0 Å². The molecule has 0 saturated heterocycles. The largest absolute Gasteiger partial charge is 0.347 e. The van der Waals surface area contributed by atoms with Crippen LogP contribution in [-0.4, -0.2) is 21.0 Å². The zero-order valence-corrected chi connectivity index (χ0v) is 14.9. The van der Waals surface area contributed by atoms with Crippen molar-refractivity contribution in [3.63, 3.8) is 0 Å². The highest BCUT2D eigenvalue weighted by molar-refractivity contribution is 5.97. The van der Waals surface area contributed by atoms with Crippen molar-refractivity contribution >= 4 is 16.9 Å². The van der Waals surface area contributed by atoms with Gasteiger partial charge in [-0.05, 0) is 56.7 Å². The van der Waals surface area contributed by atoms with Crippen LogP contribution >= 0.6 is 0 Å². The van der Waals surface area contributed by atoms with Crippen molar-refractivity contribution in [3.8, 4) is 0 Å². The first-order valence-corrected chi connectivity index (χ1v) is 8.30. The van der Waals surface area contributed by atoms with Crippen LogP contribution in [0.2, 0.25) is 0 Å². The molecule has 0 aliphatic carbocycles. The Labute approximate surface area is 150 Å². The van der Waals surface area contributed by atoms with Crippen molar-refractivity contribution in [2.45, 2.75) is 32.9 Å². The lowest BCUT2D eigenvalue weighted by atomic mass is 10.1. The SMILES string of the molecule is CC(C)(C)NC(=O)c1cc2cccnc2n(Cc2ccc(F)cc2)c1=O. The van der Waals surface area contributed by atoms with Crippen LogP contribution in [0.15, 0.2) is 53.5 Å². The Bertz CT molecular complexity index is 1020. The van der Waals surface area contributed by atoms with Gasteiger partial charge in [0.05, 0.1) is 6.54 Å². The predicted molar refractivity (Wildman–Crippen MR) is 98.7 cm³/mol. The quantitative estimate of drug-likeness (QED) is 0.787. The Morgan fingerprint density at radius 3 is 2.54 bits per heavy atom. The fraction of sp³-hybridized carbons (Fsp3) is 0.250. The molecule has 3 aromatic rings. The van der Waals surface area contributed by atoms with Crippen LogP contribution in [-0.2, 0) is 6.54 Å². The number of fused-ring (bicyclic) bond motifs is 1. The van der Waals surface area contributed by atoms with E-state index in [-0.39, 0.29) is 17.9 Å². The number of carbonyl (C=O) groups is 1. The van der Waals surface area contributed by atoms with Gasteiger partial charge in [-0.1, -0.05) is 12.1 Å². The van der Waals surface area contributed by atoms with Crippen molar-refractivity contribution in [2.24, 2.45) is 0 Å². The van der Waals surface area contributed by atoms with E-state index in [2.05, 4.69) is 10.3 Å². The molecule has 2 aromatic heterocycles. The van der Waals surface area contributed by atoms with Crippen molar-refractivity contribution in [1.29, 1.82) is 0 Å². The predicted octanol–water partition coefficient (Wildman–Crippen LogP) is 3.11. The molecule has 1 aromatic carbocycles. The van der Waals surface area contributed by atoms with Gasteiger partial charge < -0.3 is 5.32 Å². The molecule has 0 fully saturated rings. The Balaban J connectivity index is 2.14. The molecule has 0 spiro atoms. The fourth-order valence-electron chi connectivity index (χ4n) is 2.70. The zero-order valence-electron chi connectivity index (χ0n) is 14.9. The summed E-state index contributed by atoms with van der Waals surface area (Å²) in [5.41, 5.74) is 0.391. The summed E-state index contributed by atoms with van der Waals surface area (Å²) in [7, 11) is 0. The zero-order chi connectivity index (χ0) is 18.9. The van der Waals surface area contributed by atoms with Gasteiger partial charge >= 0.3 is 0 Å². The lowest BCUT2D eigenvalue weighted by Gasteiger charge is -2.21. The first-order chi connectivity index (χ1) is 12.2. The third kappa shape index (κ3) is 3.79. The summed E-state index contributed by atoms with van der Waals surface area (Å²) in [5, 5.41) is 3.51. The molecule has 0 saturated carbocycles. The molecular weight excluding hydrogens is 333 g/mol. The highest BCUT2D eigenvalue weighted by Gasteiger charge is 2.20. The summed E-state index contributed by atoms with van der Waals surface area (Å²) in [4.78, 5) is 29.8. The molecule has 1 amide bonds. The van der Waals surface area contributed by atoms with E-state index in [0.29, 0.717) is 11.0 Å². The Morgan fingerprint density at radius 2 is 1.88 bits per heavy atom. The van der Waals surface area contributed by atoms with Crippen molar-refractivity contribution in [1.82, 2.24) is 14.9 Å². The van der Waals surface area contributed by atoms with E-state index < -0.39 is 17.0 Å².